The van der Waals surface area contributed by atoms with E-state index >= 15 is 0 Å². The van der Waals surface area contributed by atoms with Crippen molar-refractivity contribution in [3.8, 4) is 0 Å². The minimum absolute atomic E-state index is 0.344. The van der Waals surface area contributed by atoms with Crippen LogP contribution in [0.4, 0.5) is 0 Å². The van der Waals surface area contributed by atoms with Crippen LogP contribution in [0.25, 0.3) is 5.76 Å². The molecule has 0 bridgehead atoms. The molecular weight excluding hydrogens is 304 g/mol. The van der Waals surface area contributed by atoms with E-state index in [-0.39, 0.29) is 5.97 Å². The molecule has 4 heteroatoms. The molecule has 2 aromatic rings. The minimum Gasteiger partial charge on any atom is -0.539 e. The molecule has 2 rings (SSSR count). The molecule has 0 heterocycles. The van der Waals surface area contributed by atoms with Gasteiger partial charge in [0.25, 0.3) is 8.32 Å². The van der Waals surface area contributed by atoms with Crippen molar-refractivity contribution in [1.29, 1.82) is 0 Å². The molecule has 0 unspecified atom stereocenters. The molecule has 0 aliphatic rings. The average Bonchev–Trinajstić information content (AvgIpc) is 2.56. The lowest BCUT2D eigenvalue weighted by Gasteiger charge is -2.26. The maximum Gasteiger partial charge on any atom is 0.334 e. The van der Waals surface area contributed by atoms with Crippen molar-refractivity contribution in [3.63, 3.8) is 0 Å². The summed E-state index contributed by atoms with van der Waals surface area (Å²) >= 11 is 0. The largest absolute Gasteiger partial charge is 0.539 e. The normalized spacial score (nSPS) is 11.9. The summed E-state index contributed by atoms with van der Waals surface area (Å²) in [6, 6.07) is 19.8. The Morgan fingerprint density at radius 2 is 1.57 bits per heavy atom. The highest BCUT2D eigenvalue weighted by atomic mass is 28.4. The molecular formula is C19H22O3Si. The van der Waals surface area contributed by atoms with Gasteiger partial charge >= 0.3 is 5.97 Å². The van der Waals surface area contributed by atoms with Crippen LogP contribution in [0.5, 0.6) is 0 Å². The summed E-state index contributed by atoms with van der Waals surface area (Å²) in [6.45, 7) is 6.36. The van der Waals surface area contributed by atoms with Gasteiger partial charge in [-0.25, -0.2) is 4.79 Å². The molecule has 0 aliphatic heterocycles. The molecule has 0 atom stereocenters. The molecule has 0 radical (unpaired) electrons. The number of hydrogen-bond acceptors (Lipinski definition) is 3. The quantitative estimate of drug-likeness (QED) is 0.351. The van der Waals surface area contributed by atoms with Crippen LogP contribution in [-0.2, 0) is 14.0 Å². The van der Waals surface area contributed by atoms with Gasteiger partial charge in [-0.2, -0.15) is 0 Å². The number of benzene rings is 2. The predicted molar refractivity (Wildman–Crippen MR) is 95.7 cm³/mol. The van der Waals surface area contributed by atoms with Gasteiger partial charge in [0.1, 0.15) is 5.76 Å². The summed E-state index contributed by atoms with van der Waals surface area (Å²) in [6.07, 6.45) is 1.44. The second-order valence-corrected chi connectivity index (χ2v) is 9.41. The van der Waals surface area contributed by atoms with E-state index in [0.29, 0.717) is 12.4 Å². The Morgan fingerprint density at radius 1 is 1.00 bits per heavy atom. The van der Waals surface area contributed by atoms with E-state index in [4.69, 9.17) is 9.16 Å². The van der Waals surface area contributed by atoms with E-state index in [1.807, 2.05) is 48.5 Å². The summed E-state index contributed by atoms with van der Waals surface area (Å²) in [5.74, 6) is 0.175. The van der Waals surface area contributed by atoms with Gasteiger partial charge in [0.15, 0.2) is 0 Å². The first kappa shape index (κ1) is 17.0. The van der Waals surface area contributed by atoms with Crippen LogP contribution in [0.2, 0.25) is 13.1 Å². The first-order chi connectivity index (χ1) is 11.0. The Morgan fingerprint density at radius 3 is 2.13 bits per heavy atom. The Kier molecular flexibility index (Phi) is 5.76. The Labute approximate surface area is 138 Å². The number of ether oxygens (including phenoxy) is 1. The highest BCUT2D eigenvalue weighted by Gasteiger charge is 2.28. The number of hydrogen-bond donors (Lipinski definition) is 0. The molecule has 0 saturated heterocycles. The highest BCUT2D eigenvalue weighted by Crippen LogP contribution is 2.21. The maximum atomic E-state index is 11.9. The van der Waals surface area contributed by atoms with Gasteiger partial charge in [-0.15, -0.1) is 0 Å². The first-order valence-electron chi connectivity index (χ1n) is 7.71. The third-order valence-corrected chi connectivity index (χ3v) is 5.88. The number of rotatable bonds is 6. The lowest BCUT2D eigenvalue weighted by atomic mass is 10.2. The third kappa shape index (κ3) is 4.83. The highest BCUT2D eigenvalue weighted by molar-refractivity contribution is 6.85. The predicted octanol–water partition coefficient (Wildman–Crippen LogP) is 3.72. The fourth-order valence-electron chi connectivity index (χ4n) is 2.24. The summed E-state index contributed by atoms with van der Waals surface area (Å²) in [7, 11) is -2.19. The van der Waals surface area contributed by atoms with Crippen LogP contribution in [0.3, 0.4) is 0 Å². The molecule has 0 aliphatic carbocycles. The zero-order valence-corrected chi connectivity index (χ0v) is 14.8. The summed E-state index contributed by atoms with van der Waals surface area (Å²) in [5.41, 5.74) is 0.872. The van der Waals surface area contributed by atoms with Crippen LogP contribution in [0.1, 0.15) is 12.5 Å². The van der Waals surface area contributed by atoms with Gasteiger partial charge in [-0.1, -0.05) is 60.7 Å². The third-order valence-electron chi connectivity index (χ3n) is 3.43. The maximum absolute atomic E-state index is 11.9. The lowest BCUT2D eigenvalue weighted by molar-refractivity contribution is -0.137. The molecule has 0 saturated carbocycles. The van der Waals surface area contributed by atoms with Crippen LogP contribution in [0.15, 0.2) is 66.7 Å². The average molecular weight is 326 g/mol. The molecule has 23 heavy (non-hydrogen) atoms. The summed E-state index contributed by atoms with van der Waals surface area (Å²) in [4.78, 5) is 11.9. The lowest BCUT2D eigenvalue weighted by Crippen LogP contribution is -2.44. The van der Waals surface area contributed by atoms with E-state index in [1.54, 1.807) is 6.92 Å². The second kappa shape index (κ2) is 7.79. The van der Waals surface area contributed by atoms with Crippen molar-refractivity contribution < 1.29 is 14.0 Å². The molecule has 120 valence electrons. The van der Waals surface area contributed by atoms with Crippen LogP contribution >= 0.6 is 0 Å². The molecule has 0 amide bonds. The van der Waals surface area contributed by atoms with E-state index in [1.165, 1.54) is 11.3 Å². The van der Waals surface area contributed by atoms with Gasteiger partial charge in [0.05, 0.1) is 12.7 Å². The van der Waals surface area contributed by atoms with Crippen LogP contribution in [0, 0.1) is 0 Å². The van der Waals surface area contributed by atoms with E-state index in [0.717, 1.165) is 5.56 Å². The molecule has 0 aromatic heterocycles. The van der Waals surface area contributed by atoms with Gasteiger partial charge in [-0.05, 0) is 25.2 Å². The Bertz CT molecular complexity index is 664. The van der Waals surface area contributed by atoms with Crippen molar-refractivity contribution in [3.05, 3.63) is 72.3 Å². The summed E-state index contributed by atoms with van der Waals surface area (Å²) < 4.78 is 11.4. The number of esters is 1. The Hall–Kier alpha value is -2.33. The fourth-order valence-corrected chi connectivity index (χ4v) is 4.08. The van der Waals surface area contributed by atoms with Crippen molar-refractivity contribution in [2.24, 2.45) is 0 Å². The van der Waals surface area contributed by atoms with Gasteiger partial charge in [-0.3, -0.25) is 0 Å². The molecule has 0 spiro atoms. The monoisotopic (exact) mass is 326 g/mol. The SMILES string of the molecule is CCOC(=O)/C=C(\O[Si](C)(C)c1ccccc1)c1ccccc1. The smallest absolute Gasteiger partial charge is 0.334 e. The molecule has 3 nitrogen and oxygen atoms in total. The van der Waals surface area contributed by atoms with Crippen molar-refractivity contribution in [2.45, 2.75) is 20.0 Å². The van der Waals surface area contributed by atoms with Crippen LogP contribution < -0.4 is 5.19 Å². The van der Waals surface area contributed by atoms with E-state index in [2.05, 4.69) is 25.2 Å². The molecule has 0 fully saturated rings. The van der Waals surface area contributed by atoms with Crippen LogP contribution in [-0.4, -0.2) is 20.9 Å². The summed E-state index contributed by atoms with van der Waals surface area (Å²) in [5, 5.41) is 1.17. The van der Waals surface area contributed by atoms with Crippen molar-refractivity contribution >= 4 is 25.2 Å². The molecule has 2 aromatic carbocycles. The van der Waals surface area contributed by atoms with Crippen molar-refractivity contribution in [1.82, 2.24) is 0 Å². The standard InChI is InChI=1S/C19H22O3Si/c1-4-21-19(20)15-18(16-11-7-5-8-12-16)22-23(2,3)17-13-9-6-10-14-17/h5-15H,4H2,1-3H3/b18-15-. The zero-order chi connectivity index (χ0) is 16.7. The Balaban J connectivity index is 2.33. The first-order valence-corrected chi connectivity index (χ1v) is 10.6. The second-order valence-electron chi connectivity index (χ2n) is 5.61. The molecule has 0 N–H and O–H groups in total. The van der Waals surface area contributed by atoms with E-state index < -0.39 is 8.32 Å². The van der Waals surface area contributed by atoms with Gasteiger partial charge in [0.2, 0.25) is 0 Å². The van der Waals surface area contributed by atoms with Crippen molar-refractivity contribution in [2.75, 3.05) is 6.61 Å². The van der Waals surface area contributed by atoms with Gasteiger partial charge < -0.3 is 9.16 Å². The minimum atomic E-state index is -2.19. The number of carbonyl (C=O) groups excluding carboxylic acids is 1. The fraction of sp³-hybridized carbons (Fsp3) is 0.211. The zero-order valence-electron chi connectivity index (χ0n) is 13.8. The number of carbonyl (C=O) groups is 1. The van der Waals surface area contributed by atoms with E-state index in [9.17, 15) is 4.79 Å². The topological polar surface area (TPSA) is 35.5 Å². The van der Waals surface area contributed by atoms with Gasteiger partial charge in [0, 0.05) is 5.56 Å².